The molecule has 188 valence electrons. The van der Waals surface area contributed by atoms with Crippen LogP contribution in [0.2, 0.25) is 0 Å². The molecule has 6 heteroatoms. The van der Waals surface area contributed by atoms with E-state index in [9.17, 15) is 14.7 Å². The zero-order valence-electron chi connectivity index (χ0n) is 21.2. The quantitative estimate of drug-likeness (QED) is 0.476. The molecule has 3 atom stereocenters. The topological polar surface area (TPSA) is 80.0 Å². The lowest BCUT2D eigenvalue weighted by Gasteiger charge is -2.34. The van der Waals surface area contributed by atoms with Crippen LogP contribution in [0, 0.1) is 17.8 Å². The minimum atomic E-state index is -0.788. The monoisotopic (exact) mass is 479 g/mol. The van der Waals surface area contributed by atoms with Crippen molar-refractivity contribution in [3.8, 4) is 5.75 Å². The summed E-state index contributed by atoms with van der Waals surface area (Å²) in [5, 5.41) is 11.3. The summed E-state index contributed by atoms with van der Waals surface area (Å²) in [5.74, 6) is 2.23. The molecule has 0 spiro atoms. The lowest BCUT2D eigenvalue weighted by Crippen LogP contribution is -2.42. The third-order valence-corrected chi connectivity index (χ3v) is 7.59. The number of nitrogens with zero attached hydrogens (tertiary/aromatic N) is 1. The Morgan fingerprint density at radius 3 is 2.20 bits per heavy atom. The number of benzene rings is 1. The van der Waals surface area contributed by atoms with Crippen molar-refractivity contribution in [3.05, 3.63) is 63.7 Å². The molecular weight excluding hydrogens is 442 g/mol. The van der Waals surface area contributed by atoms with Crippen molar-refractivity contribution in [3.63, 3.8) is 0 Å². The van der Waals surface area contributed by atoms with Crippen molar-refractivity contribution in [2.24, 2.45) is 17.8 Å². The minimum Gasteiger partial charge on any atom is -0.507 e. The molecule has 1 heterocycles. The van der Waals surface area contributed by atoms with Crippen molar-refractivity contribution in [2.45, 2.75) is 89.8 Å². The second-order valence-electron chi connectivity index (χ2n) is 11.7. The van der Waals surface area contributed by atoms with Gasteiger partial charge in [0.2, 0.25) is 0 Å². The average molecular weight is 480 g/mol. The molecule has 0 bridgehead atoms. The van der Waals surface area contributed by atoms with Gasteiger partial charge in [-0.2, -0.15) is 0 Å². The van der Waals surface area contributed by atoms with Gasteiger partial charge in [-0.25, -0.2) is 9.59 Å². The average Bonchev–Trinajstić information content (AvgIpc) is 3.61. The summed E-state index contributed by atoms with van der Waals surface area (Å²) in [4.78, 5) is 28.6. The highest BCUT2D eigenvalue weighted by molar-refractivity contribution is 5.71. The van der Waals surface area contributed by atoms with Crippen LogP contribution in [0.3, 0.4) is 0 Å². The number of carbonyl (C=O) groups is 1. The third kappa shape index (κ3) is 5.26. The van der Waals surface area contributed by atoms with Gasteiger partial charge in [0.25, 0.3) is 0 Å². The Labute approximate surface area is 207 Å². The van der Waals surface area contributed by atoms with Crippen LogP contribution in [0.4, 0.5) is 4.79 Å². The second kappa shape index (κ2) is 9.03. The number of amides is 1. The van der Waals surface area contributed by atoms with Crippen molar-refractivity contribution >= 4 is 6.09 Å². The number of hydrogen-bond acceptors (Lipinski definition) is 5. The van der Waals surface area contributed by atoms with Crippen LogP contribution in [0.15, 0.2) is 45.6 Å². The summed E-state index contributed by atoms with van der Waals surface area (Å²) in [6, 6.07) is 10.2. The molecule has 2 aromatic rings. The van der Waals surface area contributed by atoms with Crippen LogP contribution in [0.25, 0.3) is 0 Å². The highest BCUT2D eigenvalue weighted by Crippen LogP contribution is 2.53. The molecule has 5 rings (SSSR count). The Balaban J connectivity index is 1.58. The van der Waals surface area contributed by atoms with Gasteiger partial charge >= 0.3 is 11.7 Å². The zero-order valence-corrected chi connectivity index (χ0v) is 21.2. The summed E-state index contributed by atoms with van der Waals surface area (Å²) < 4.78 is 11.7. The molecule has 1 amide bonds. The molecule has 3 unspecified atom stereocenters. The van der Waals surface area contributed by atoms with Crippen LogP contribution >= 0.6 is 0 Å². The number of ether oxygens (including phenoxy) is 1. The highest BCUT2D eigenvalue weighted by atomic mass is 16.6. The molecule has 3 saturated carbocycles. The van der Waals surface area contributed by atoms with Crippen LogP contribution in [0.5, 0.6) is 5.75 Å². The molecule has 3 fully saturated rings. The van der Waals surface area contributed by atoms with E-state index in [1.165, 1.54) is 12.8 Å². The fourth-order valence-electron chi connectivity index (χ4n) is 5.45. The first kappa shape index (κ1) is 24.0. The summed E-state index contributed by atoms with van der Waals surface area (Å²) in [6.45, 7) is 7.73. The molecule has 6 nitrogen and oxygen atoms in total. The molecule has 0 saturated heterocycles. The zero-order chi connectivity index (χ0) is 24.9. The standard InChI is InChI=1S/C29H37NO5/c1-17(18-10-11-18)24(19-12-13-19)23-16-22(31)25(27(32)34-23)26(20-8-6-5-7-9-20)30(21-14-15-21)28(33)35-29(2,3)4/h5-9,16-19,21,24,26,31H,10-15H2,1-4H3. The van der Waals surface area contributed by atoms with E-state index in [1.807, 2.05) is 51.1 Å². The number of carbonyl (C=O) groups excluding carboxylic acids is 1. The maximum atomic E-state index is 13.6. The van der Waals surface area contributed by atoms with Crippen molar-refractivity contribution < 1.29 is 19.1 Å². The van der Waals surface area contributed by atoms with Gasteiger partial charge in [0.15, 0.2) is 0 Å². The van der Waals surface area contributed by atoms with Crippen molar-refractivity contribution in [1.82, 2.24) is 4.90 Å². The first-order valence-electron chi connectivity index (χ1n) is 13.1. The summed E-state index contributed by atoms with van der Waals surface area (Å²) in [5.41, 5.74) is -0.410. The summed E-state index contributed by atoms with van der Waals surface area (Å²) in [7, 11) is 0. The fraction of sp³-hybridized carbons (Fsp3) is 0.586. The maximum Gasteiger partial charge on any atom is 0.411 e. The Morgan fingerprint density at radius 1 is 1.06 bits per heavy atom. The van der Waals surface area contributed by atoms with Gasteiger partial charge in [0.05, 0.1) is 6.04 Å². The van der Waals surface area contributed by atoms with Gasteiger partial charge in [-0.05, 0) is 82.6 Å². The SMILES string of the molecule is CC(C1CC1)C(c1cc(O)c(C(c2ccccc2)N(C(=O)OC(C)(C)C)C2CC2)c(=O)o1)C1CC1. The van der Waals surface area contributed by atoms with E-state index in [-0.39, 0.29) is 23.3 Å². The number of aromatic hydroxyl groups is 1. The summed E-state index contributed by atoms with van der Waals surface area (Å²) >= 11 is 0. The minimum absolute atomic E-state index is 0.0531. The molecule has 1 aromatic carbocycles. The van der Waals surface area contributed by atoms with E-state index < -0.39 is 23.4 Å². The predicted molar refractivity (Wildman–Crippen MR) is 133 cm³/mol. The van der Waals surface area contributed by atoms with E-state index in [0.29, 0.717) is 23.5 Å². The van der Waals surface area contributed by atoms with Gasteiger partial charge in [0.1, 0.15) is 22.7 Å². The molecule has 1 aromatic heterocycles. The molecular formula is C29H37NO5. The van der Waals surface area contributed by atoms with Crippen LogP contribution in [-0.2, 0) is 4.74 Å². The second-order valence-corrected chi connectivity index (χ2v) is 11.7. The Bertz CT molecular complexity index is 1120. The smallest absolute Gasteiger partial charge is 0.411 e. The lowest BCUT2D eigenvalue weighted by atomic mass is 9.83. The van der Waals surface area contributed by atoms with E-state index in [2.05, 4.69) is 6.92 Å². The highest BCUT2D eigenvalue weighted by Gasteiger charge is 2.46. The first-order valence-corrected chi connectivity index (χ1v) is 13.1. The van der Waals surface area contributed by atoms with Gasteiger partial charge in [-0.15, -0.1) is 0 Å². The number of rotatable bonds is 8. The lowest BCUT2D eigenvalue weighted by molar-refractivity contribution is 0.0167. The molecule has 35 heavy (non-hydrogen) atoms. The van der Waals surface area contributed by atoms with Crippen LogP contribution < -0.4 is 5.63 Å². The molecule has 3 aliphatic carbocycles. The van der Waals surface area contributed by atoms with Crippen LogP contribution in [-0.4, -0.2) is 27.7 Å². The third-order valence-electron chi connectivity index (χ3n) is 7.59. The maximum absolute atomic E-state index is 13.6. The molecule has 1 N–H and O–H groups in total. The van der Waals surface area contributed by atoms with Crippen molar-refractivity contribution in [2.75, 3.05) is 0 Å². The molecule has 0 aliphatic heterocycles. The first-order chi connectivity index (χ1) is 16.6. The van der Waals surface area contributed by atoms with Gasteiger partial charge < -0.3 is 14.3 Å². The fourth-order valence-corrected chi connectivity index (χ4v) is 5.45. The largest absolute Gasteiger partial charge is 0.507 e. The van der Waals surface area contributed by atoms with Crippen LogP contribution in [0.1, 0.15) is 95.1 Å². The molecule has 0 radical (unpaired) electrons. The van der Waals surface area contributed by atoms with Gasteiger partial charge in [-0.1, -0.05) is 37.3 Å². The van der Waals surface area contributed by atoms with Gasteiger partial charge in [-0.3, -0.25) is 4.90 Å². The Hall–Kier alpha value is -2.76. The van der Waals surface area contributed by atoms with E-state index in [0.717, 1.165) is 31.2 Å². The predicted octanol–water partition coefficient (Wildman–Crippen LogP) is 6.37. The van der Waals surface area contributed by atoms with E-state index in [4.69, 9.17) is 9.15 Å². The van der Waals surface area contributed by atoms with Crippen molar-refractivity contribution in [1.29, 1.82) is 0 Å². The van der Waals surface area contributed by atoms with E-state index >= 15 is 0 Å². The summed E-state index contributed by atoms with van der Waals surface area (Å²) in [6.07, 6.45) is 5.88. The Morgan fingerprint density at radius 2 is 1.69 bits per heavy atom. The molecule has 3 aliphatic rings. The number of hydrogen-bond donors (Lipinski definition) is 1. The van der Waals surface area contributed by atoms with Gasteiger partial charge in [0, 0.05) is 18.0 Å². The Kier molecular flexibility index (Phi) is 6.18. The van der Waals surface area contributed by atoms with E-state index in [1.54, 1.807) is 11.0 Å². The normalized spacial score (nSPS) is 20.7.